The van der Waals surface area contributed by atoms with E-state index in [0.29, 0.717) is 18.0 Å². The number of amides is 1. The number of aryl methyl sites for hydroxylation is 1. The van der Waals surface area contributed by atoms with Gasteiger partial charge in [-0.2, -0.15) is 0 Å². The van der Waals surface area contributed by atoms with Crippen LogP contribution in [0.1, 0.15) is 28.1 Å². The average Bonchev–Trinajstić information content (AvgIpc) is 3.12. The number of anilines is 2. The molecule has 0 fully saturated rings. The number of hydrogen-bond acceptors (Lipinski definition) is 6. The Morgan fingerprint density at radius 1 is 1.25 bits per heavy atom. The van der Waals surface area contributed by atoms with Gasteiger partial charge in [-0.05, 0) is 44.0 Å². The number of benzene rings is 1. The number of carbonyl (C=O) groups excluding carboxylic acids is 1. The van der Waals surface area contributed by atoms with Gasteiger partial charge in [0, 0.05) is 12.2 Å². The monoisotopic (exact) mass is 360 g/mol. The second-order valence-electron chi connectivity index (χ2n) is 5.49. The van der Waals surface area contributed by atoms with Crippen LogP contribution in [0.15, 0.2) is 30.3 Å². The van der Waals surface area contributed by atoms with E-state index in [9.17, 15) is 4.79 Å². The van der Waals surface area contributed by atoms with Gasteiger partial charge in [-0.25, -0.2) is 4.98 Å². The standard InChI is InChI=1S/C17H20N4OS2/c1-11-6-2-3-7-12(11)20-17-21-16-14(24-17)10-13(23-16)15(22)19-9-5-4-8-18/h2-3,6-7,10H,4-5,8-9,18H2,1H3,(H,19,22)(H,20,21). The van der Waals surface area contributed by atoms with E-state index in [0.717, 1.165) is 33.2 Å². The van der Waals surface area contributed by atoms with Crippen molar-refractivity contribution in [3.63, 3.8) is 0 Å². The minimum atomic E-state index is -0.0318. The highest BCUT2D eigenvalue weighted by atomic mass is 32.1. The summed E-state index contributed by atoms with van der Waals surface area (Å²) >= 11 is 2.99. The summed E-state index contributed by atoms with van der Waals surface area (Å²) in [4.78, 5) is 18.3. The van der Waals surface area contributed by atoms with Gasteiger partial charge in [0.2, 0.25) is 0 Å². The number of nitrogens with zero attached hydrogens (tertiary/aromatic N) is 1. The number of para-hydroxylation sites is 1. The maximum Gasteiger partial charge on any atom is 0.261 e. The summed E-state index contributed by atoms with van der Waals surface area (Å²) < 4.78 is 1.03. The van der Waals surface area contributed by atoms with Crippen molar-refractivity contribution < 1.29 is 4.79 Å². The molecular weight excluding hydrogens is 340 g/mol. The van der Waals surface area contributed by atoms with Crippen molar-refractivity contribution in [3.8, 4) is 0 Å². The first-order valence-corrected chi connectivity index (χ1v) is 9.52. The van der Waals surface area contributed by atoms with Crippen molar-refractivity contribution in [1.82, 2.24) is 10.3 Å². The number of carbonyl (C=O) groups is 1. The molecule has 1 amide bonds. The smallest absolute Gasteiger partial charge is 0.261 e. The van der Waals surface area contributed by atoms with Gasteiger partial charge in [-0.1, -0.05) is 29.5 Å². The molecular formula is C17H20N4OS2. The minimum Gasteiger partial charge on any atom is -0.351 e. The highest BCUT2D eigenvalue weighted by Gasteiger charge is 2.14. The molecule has 0 bridgehead atoms. The summed E-state index contributed by atoms with van der Waals surface area (Å²) in [5, 5.41) is 7.12. The maximum atomic E-state index is 12.1. The van der Waals surface area contributed by atoms with Crippen LogP contribution in [0.25, 0.3) is 9.53 Å². The predicted molar refractivity (Wildman–Crippen MR) is 103 cm³/mol. The third kappa shape index (κ3) is 3.92. The van der Waals surface area contributed by atoms with Gasteiger partial charge >= 0.3 is 0 Å². The number of thiazole rings is 1. The molecule has 0 unspecified atom stereocenters. The summed E-state index contributed by atoms with van der Waals surface area (Å²) in [6.07, 6.45) is 1.83. The lowest BCUT2D eigenvalue weighted by Crippen LogP contribution is -2.23. The zero-order valence-corrected chi connectivity index (χ0v) is 15.1. The number of thiophene rings is 1. The van der Waals surface area contributed by atoms with Gasteiger partial charge in [0.05, 0.1) is 9.58 Å². The number of nitrogens with two attached hydrogens (primary N) is 1. The molecule has 0 aliphatic heterocycles. The molecule has 0 saturated heterocycles. The van der Waals surface area contributed by atoms with Crippen molar-refractivity contribution in [1.29, 1.82) is 0 Å². The van der Waals surface area contributed by atoms with E-state index < -0.39 is 0 Å². The minimum absolute atomic E-state index is 0.0318. The lowest BCUT2D eigenvalue weighted by molar-refractivity contribution is 0.0957. The summed E-state index contributed by atoms with van der Waals surface area (Å²) in [7, 11) is 0. The molecule has 2 heterocycles. The molecule has 0 atom stereocenters. The molecule has 3 rings (SSSR count). The molecule has 5 nitrogen and oxygen atoms in total. The van der Waals surface area contributed by atoms with E-state index in [1.54, 1.807) is 11.3 Å². The van der Waals surface area contributed by atoms with Gasteiger partial charge < -0.3 is 16.4 Å². The third-order valence-electron chi connectivity index (χ3n) is 3.62. The molecule has 4 N–H and O–H groups in total. The molecule has 0 saturated carbocycles. The molecule has 7 heteroatoms. The van der Waals surface area contributed by atoms with E-state index in [-0.39, 0.29) is 5.91 Å². The quantitative estimate of drug-likeness (QED) is 0.559. The van der Waals surface area contributed by atoms with E-state index >= 15 is 0 Å². The lowest BCUT2D eigenvalue weighted by Gasteiger charge is -2.05. The molecule has 3 aromatic rings. The zero-order valence-electron chi connectivity index (χ0n) is 13.5. The van der Waals surface area contributed by atoms with Crippen LogP contribution in [0.3, 0.4) is 0 Å². The Morgan fingerprint density at radius 3 is 2.83 bits per heavy atom. The van der Waals surface area contributed by atoms with Crippen LogP contribution in [0.5, 0.6) is 0 Å². The number of fused-ring (bicyclic) bond motifs is 1. The van der Waals surface area contributed by atoms with Gasteiger partial charge in [0.15, 0.2) is 5.13 Å². The number of unbranched alkanes of at least 4 members (excludes halogenated alkanes) is 1. The first-order valence-electron chi connectivity index (χ1n) is 7.88. The highest BCUT2D eigenvalue weighted by molar-refractivity contribution is 7.29. The second-order valence-corrected chi connectivity index (χ2v) is 7.55. The second kappa shape index (κ2) is 7.74. The van der Waals surface area contributed by atoms with Gasteiger partial charge in [-0.15, -0.1) is 11.3 Å². The summed E-state index contributed by atoms with van der Waals surface area (Å²) in [5.41, 5.74) is 7.68. The average molecular weight is 361 g/mol. The zero-order chi connectivity index (χ0) is 16.9. The van der Waals surface area contributed by atoms with E-state index in [2.05, 4.69) is 28.6 Å². The Morgan fingerprint density at radius 2 is 2.08 bits per heavy atom. The fourth-order valence-corrected chi connectivity index (χ4v) is 4.33. The summed E-state index contributed by atoms with van der Waals surface area (Å²) in [6, 6.07) is 10.0. The number of aromatic nitrogens is 1. The molecule has 0 aliphatic rings. The number of nitrogens with one attached hydrogen (secondary N) is 2. The largest absolute Gasteiger partial charge is 0.351 e. The van der Waals surface area contributed by atoms with Crippen LogP contribution in [0, 0.1) is 6.92 Å². The topological polar surface area (TPSA) is 80.0 Å². The molecule has 24 heavy (non-hydrogen) atoms. The van der Waals surface area contributed by atoms with Gasteiger partial charge in [0.25, 0.3) is 5.91 Å². The van der Waals surface area contributed by atoms with Crippen LogP contribution >= 0.6 is 22.7 Å². The Bertz CT molecular complexity index is 809. The lowest BCUT2D eigenvalue weighted by atomic mass is 10.2. The fraction of sp³-hybridized carbons (Fsp3) is 0.294. The van der Waals surface area contributed by atoms with Gasteiger partial charge in [-0.3, -0.25) is 4.79 Å². The predicted octanol–water partition coefficient (Wildman–Crippen LogP) is 3.88. The molecule has 2 aromatic heterocycles. The van der Waals surface area contributed by atoms with Crippen molar-refractivity contribution >= 4 is 48.9 Å². The third-order valence-corrected chi connectivity index (χ3v) is 5.69. The van der Waals surface area contributed by atoms with Crippen molar-refractivity contribution in [3.05, 3.63) is 40.8 Å². The molecule has 0 radical (unpaired) electrons. The first kappa shape index (κ1) is 16.9. The molecule has 0 aliphatic carbocycles. The van der Waals surface area contributed by atoms with Crippen molar-refractivity contribution in [2.45, 2.75) is 19.8 Å². The maximum absolute atomic E-state index is 12.1. The van der Waals surface area contributed by atoms with Crippen molar-refractivity contribution in [2.75, 3.05) is 18.4 Å². The fourth-order valence-electron chi connectivity index (χ4n) is 2.29. The van der Waals surface area contributed by atoms with Crippen LogP contribution in [0.4, 0.5) is 10.8 Å². The van der Waals surface area contributed by atoms with Gasteiger partial charge in [0.1, 0.15) is 4.83 Å². The normalized spacial score (nSPS) is 10.9. The Kier molecular flexibility index (Phi) is 5.44. The van der Waals surface area contributed by atoms with Crippen LogP contribution in [-0.4, -0.2) is 24.0 Å². The van der Waals surface area contributed by atoms with Crippen LogP contribution in [-0.2, 0) is 0 Å². The van der Waals surface area contributed by atoms with Crippen LogP contribution in [0.2, 0.25) is 0 Å². The van der Waals surface area contributed by atoms with E-state index in [4.69, 9.17) is 5.73 Å². The van der Waals surface area contributed by atoms with E-state index in [1.807, 2.05) is 24.3 Å². The highest BCUT2D eigenvalue weighted by Crippen LogP contribution is 2.34. The molecule has 1 aromatic carbocycles. The number of hydrogen-bond donors (Lipinski definition) is 3. The number of rotatable bonds is 7. The van der Waals surface area contributed by atoms with Crippen molar-refractivity contribution in [2.24, 2.45) is 5.73 Å². The van der Waals surface area contributed by atoms with E-state index in [1.165, 1.54) is 16.9 Å². The van der Waals surface area contributed by atoms with Crippen LogP contribution < -0.4 is 16.4 Å². The SMILES string of the molecule is Cc1ccccc1Nc1nc2sc(C(=O)NCCCCN)cc2s1. The Hall–Kier alpha value is -1.96. The molecule has 0 spiro atoms. The first-order chi connectivity index (χ1) is 11.7. The summed E-state index contributed by atoms with van der Waals surface area (Å²) in [5.74, 6) is -0.0318. The molecule has 126 valence electrons. The summed E-state index contributed by atoms with van der Waals surface area (Å²) in [6.45, 7) is 3.38. The Labute approximate surface area is 148 Å². The Balaban J connectivity index is 1.67.